The summed E-state index contributed by atoms with van der Waals surface area (Å²) < 4.78 is 41.3. The van der Waals surface area contributed by atoms with Gasteiger partial charge in [-0.05, 0) is 38.8 Å². The van der Waals surface area contributed by atoms with E-state index in [-0.39, 0.29) is 34.5 Å². The number of carbonyl (C=O) groups is 1. The molecular formula is C21H26N4O6S. The third-order valence-corrected chi connectivity index (χ3v) is 7.30. The van der Waals surface area contributed by atoms with Crippen molar-refractivity contribution in [3.63, 3.8) is 0 Å². The Bertz CT molecular complexity index is 1050. The van der Waals surface area contributed by atoms with Crippen LogP contribution in [0.5, 0.6) is 17.5 Å². The molecule has 0 unspecified atom stereocenters. The predicted molar refractivity (Wildman–Crippen MR) is 113 cm³/mol. The van der Waals surface area contributed by atoms with Crippen LogP contribution in [0.15, 0.2) is 35.7 Å². The molecule has 1 saturated carbocycles. The van der Waals surface area contributed by atoms with Crippen LogP contribution in [0.25, 0.3) is 0 Å². The molecule has 3 heterocycles. The fourth-order valence-corrected chi connectivity index (χ4v) is 4.87. The predicted octanol–water partition coefficient (Wildman–Crippen LogP) is 2.99. The van der Waals surface area contributed by atoms with Crippen molar-refractivity contribution < 1.29 is 27.4 Å². The Morgan fingerprint density at radius 1 is 1.06 bits per heavy atom. The van der Waals surface area contributed by atoms with Gasteiger partial charge in [-0.15, -0.1) is 0 Å². The Labute approximate surface area is 186 Å². The molecule has 1 aliphatic carbocycles. The number of pyridine rings is 1. The molecular weight excluding hydrogens is 436 g/mol. The van der Waals surface area contributed by atoms with Crippen LogP contribution < -0.4 is 9.47 Å². The highest BCUT2D eigenvalue weighted by Gasteiger charge is 2.37. The van der Waals surface area contributed by atoms with Gasteiger partial charge in [0.05, 0.1) is 23.6 Å². The summed E-state index contributed by atoms with van der Waals surface area (Å²) >= 11 is 0. The number of carbonyl (C=O) groups excluding carboxylic acids is 1. The van der Waals surface area contributed by atoms with Crippen LogP contribution in [0, 0.1) is 0 Å². The van der Waals surface area contributed by atoms with Crippen molar-refractivity contribution in [2.24, 2.45) is 0 Å². The van der Waals surface area contributed by atoms with Gasteiger partial charge >= 0.3 is 6.09 Å². The maximum absolute atomic E-state index is 12.2. The van der Waals surface area contributed by atoms with Gasteiger partial charge in [0, 0.05) is 25.9 Å². The van der Waals surface area contributed by atoms with Crippen LogP contribution in [-0.2, 0) is 14.6 Å². The third kappa shape index (κ3) is 5.45. The molecule has 0 bridgehead atoms. The average molecular weight is 463 g/mol. The molecule has 1 amide bonds. The lowest BCUT2D eigenvalue weighted by atomic mass is 10.1. The smallest absolute Gasteiger partial charge is 0.410 e. The largest absolute Gasteiger partial charge is 0.474 e. The zero-order valence-electron chi connectivity index (χ0n) is 18.0. The Hall–Kier alpha value is -2.95. The van der Waals surface area contributed by atoms with Crippen LogP contribution >= 0.6 is 0 Å². The van der Waals surface area contributed by atoms with Crippen LogP contribution in [-0.4, -0.2) is 64.9 Å². The number of sulfone groups is 1. The average Bonchev–Trinajstić information content (AvgIpc) is 3.61. The second-order valence-corrected chi connectivity index (χ2v) is 10.3. The number of hydrogen-bond donors (Lipinski definition) is 0. The van der Waals surface area contributed by atoms with Crippen molar-refractivity contribution in [1.82, 2.24) is 19.9 Å². The molecule has 32 heavy (non-hydrogen) atoms. The summed E-state index contributed by atoms with van der Waals surface area (Å²) in [6, 6.07) is 4.56. The second-order valence-electron chi connectivity index (χ2n) is 8.11. The molecule has 2 aromatic heterocycles. The highest BCUT2D eigenvalue weighted by molar-refractivity contribution is 7.92. The van der Waals surface area contributed by atoms with Crippen molar-refractivity contribution in [3.05, 3.63) is 30.7 Å². The van der Waals surface area contributed by atoms with Crippen LogP contribution in [0.1, 0.15) is 39.5 Å². The van der Waals surface area contributed by atoms with Gasteiger partial charge in [-0.2, -0.15) is 0 Å². The minimum Gasteiger partial charge on any atom is -0.474 e. The Kier molecular flexibility index (Phi) is 6.45. The zero-order chi connectivity index (χ0) is 22.7. The second kappa shape index (κ2) is 9.27. The number of piperidine rings is 1. The molecule has 172 valence electrons. The number of rotatable bonds is 7. The molecule has 0 atom stereocenters. The van der Waals surface area contributed by atoms with E-state index in [1.807, 2.05) is 13.8 Å². The maximum Gasteiger partial charge on any atom is 0.410 e. The molecule has 2 aromatic rings. The van der Waals surface area contributed by atoms with Crippen LogP contribution in [0.2, 0.25) is 0 Å². The van der Waals surface area contributed by atoms with Gasteiger partial charge in [0.15, 0.2) is 14.9 Å². The molecule has 10 nitrogen and oxygen atoms in total. The highest BCUT2D eigenvalue weighted by atomic mass is 32.2. The van der Waals surface area contributed by atoms with Crippen molar-refractivity contribution >= 4 is 15.9 Å². The number of ether oxygens (including phenoxy) is 3. The lowest BCUT2D eigenvalue weighted by Crippen LogP contribution is -2.42. The minimum absolute atomic E-state index is 0.0580. The topological polar surface area (TPSA) is 121 Å². The molecule has 0 radical (unpaired) electrons. The normalized spacial score (nSPS) is 17.3. The first-order valence-electron chi connectivity index (χ1n) is 10.6. The van der Waals surface area contributed by atoms with Crippen molar-refractivity contribution in [2.75, 3.05) is 13.1 Å². The number of hydrogen-bond acceptors (Lipinski definition) is 9. The van der Waals surface area contributed by atoms with Gasteiger partial charge in [-0.25, -0.2) is 28.2 Å². The monoisotopic (exact) mass is 462 g/mol. The van der Waals surface area contributed by atoms with Gasteiger partial charge in [0.25, 0.3) is 0 Å². The number of aromatic nitrogens is 3. The molecule has 0 aromatic carbocycles. The van der Waals surface area contributed by atoms with Crippen molar-refractivity contribution in [3.8, 4) is 17.5 Å². The molecule has 11 heteroatoms. The summed E-state index contributed by atoms with van der Waals surface area (Å²) in [5, 5.41) is -0.251. The molecule has 4 rings (SSSR count). The molecule has 2 fully saturated rings. The van der Waals surface area contributed by atoms with E-state index < -0.39 is 9.84 Å². The maximum atomic E-state index is 12.2. The molecule has 0 N–H and O–H groups in total. The van der Waals surface area contributed by atoms with Gasteiger partial charge < -0.3 is 19.1 Å². The van der Waals surface area contributed by atoms with Gasteiger partial charge in [-0.3, -0.25) is 0 Å². The molecule has 0 spiro atoms. The molecule has 2 aliphatic rings. The van der Waals surface area contributed by atoms with E-state index in [0.29, 0.717) is 50.4 Å². The summed E-state index contributed by atoms with van der Waals surface area (Å²) in [4.78, 5) is 25.9. The Morgan fingerprint density at radius 3 is 2.41 bits per heavy atom. The zero-order valence-corrected chi connectivity index (χ0v) is 18.8. The fourth-order valence-electron chi connectivity index (χ4n) is 3.31. The Balaban J connectivity index is 1.32. The molecule has 1 saturated heterocycles. The minimum atomic E-state index is -3.34. The van der Waals surface area contributed by atoms with E-state index in [9.17, 15) is 13.2 Å². The summed E-state index contributed by atoms with van der Waals surface area (Å²) in [6.07, 6.45) is 4.85. The summed E-state index contributed by atoms with van der Waals surface area (Å²) in [5.41, 5.74) is 0. The van der Waals surface area contributed by atoms with E-state index in [1.165, 1.54) is 18.6 Å². The number of likely N-dealkylation sites (tertiary alicyclic amines) is 1. The van der Waals surface area contributed by atoms with Crippen molar-refractivity contribution in [2.45, 2.75) is 62.0 Å². The Morgan fingerprint density at radius 2 is 1.78 bits per heavy atom. The fraction of sp³-hybridized carbons (Fsp3) is 0.524. The van der Waals surface area contributed by atoms with Gasteiger partial charge in [0.2, 0.25) is 11.8 Å². The highest BCUT2D eigenvalue weighted by Crippen LogP contribution is 2.33. The first-order valence-corrected chi connectivity index (χ1v) is 12.2. The number of amides is 1. The SMILES string of the molecule is CC(C)OC(=O)N1CCC(Oc2cc(Oc3ccc(S(=O)(=O)C4CC4)nc3)ncn2)CC1. The first-order chi connectivity index (χ1) is 15.3. The van der Waals surface area contributed by atoms with Crippen LogP contribution in [0.3, 0.4) is 0 Å². The standard InChI is InChI=1S/C21H26N4O6S/c1-14(2)29-21(26)25-9-7-15(8-10-25)30-18-11-19(24-13-23-18)31-16-3-6-20(22-12-16)32(27,28)17-4-5-17/h3,6,11-15,17H,4-5,7-10H2,1-2H3. The van der Waals surface area contributed by atoms with E-state index in [0.717, 1.165) is 0 Å². The van der Waals surface area contributed by atoms with Gasteiger partial charge in [-0.1, -0.05) is 0 Å². The number of nitrogens with zero attached hydrogens (tertiary/aromatic N) is 4. The quantitative estimate of drug-likeness (QED) is 0.611. The van der Waals surface area contributed by atoms with E-state index in [4.69, 9.17) is 14.2 Å². The summed E-state index contributed by atoms with van der Waals surface area (Å²) in [6.45, 7) is 4.74. The molecule has 1 aliphatic heterocycles. The first kappa shape index (κ1) is 22.3. The van der Waals surface area contributed by atoms with E-state index >= 15 is 0 Å². The van der Waals surface area contributed by atoms with E-state index in [2.05, 4.69) is 15.0 Å². The summed E-state index contributed by atoms with van der Waals surface area (Å²) in [5.74, 6) is 0.980. The lowest BCUT2D eigenvalue weighted by Gasteiger charge is -2.31. The van der Waals surface area contributed by atoms with E-state index in [1.54, 1.807) is 17.0 Å². The van der Waals surface area contributed by atoms with Gasteiger partial charge in [0.1, 0.15) is 18.2 Å². The third-order valence-electron chi connectivity index (χ3n) is 5.13. The van der Waals surface area contributed by atoms with Crippen LogP contribution in [0.4, 0.5) is 4.79 Å². The lowest BCUT2D eigenvalue weighted by molar-refractivity contribution is 0.0507. The summed E-state index contributed by atoms with van der Waals surface area (Å²) in [7, 11) is -3.34. The van der Waals surface area contributed by atoms with Crippen molar-refractivity contribution in [1.29, 1.82) is 0 Å².